The summed E-state index contributed by atoms with van der Waals surface area (Å²) in [4.78, 5) is 20.1. The minimum atomic E-state index is -0.529. The highest BCUT2D eigenvalue weighted by Crippen LogP contribution is 2.36. The molecule has 1 aromatic carbocycles. The molecule has 9 nitrogen and oxygen atoms in total. The van der Waals surface area contributed by atoms with Gasteiger partial charge in [0.25, 0.3) is 0 Å². The van der Waals surface area contributed by atoms with Gasteiger partial charge in [0.05, 0.1) is 37.6 Å². The van der Waals surface area contributed by atoms with Crippen LogP contribution in [-0.2, 0) is 20.8 Å². The molecule has 0 radical (unpaired) electrons. The van der Waals surface area contributed by atoms with Crippen LogP contribution >= 0.6 is 0 Å². The lowest BCUT2D eigenvalue weighted by atomic mass is 9.81. The van der Waals surface area contributed by atoms with Crippen molar-refractivity contribution in [1.82, 2.24) is 9.88 Å². The molecular formula is C27H33FN4O5. The van der Waals surface area contributed by atoms with Crippen LogP contribution in [0, 0.1) is 22.6 Å². The number of halogens is 1. The third-order valence-corrected chi connectivity index (χ3v) is 6.31. The number of anilines is 1. The number of nitrogens with zero attached hydrogens (tertiary/aromatic N) is 4. The minimum absolute atomic E-state index is 0.189. The Bertz CT molecular complexity index is 1130. The molecule has 3 heterocycles. The highest BCUT2D eigenvalue weighted by atomic mass is 19.1. The SMILES string of the molecule is COc1ccc(CN(CCC2OCC3(CO2)CN(C(=O)OC(C)(C)C)C3)c2ccc(C#N)nc2)cc1F. The fourth-order valence-corrected chi connectivity index (χ4v) is 4.43. The molecule has 2 aliphatic heterocycles. The second-order valence-corrected chi connectivity index (χ2v) is 10.6. The highest BCUT2D eigenvalue weighted by molar-refractivity contribution is 5.69. The van der Waals surface area contributed by atoms with Gasteiger partial charge in [-0.2, -0.15) is 5.26 Å². The lowest BCUT2D eigenvalue weighted by Gasteiger charge is -2.52. The van der Waals surface area contributed by atoms with Crippen molar-refractivity contribution >= 4 is 11.8 Å². The Kier molecular flexibility index (Phi) is 7.85. The van der Waals surface area contributed by atoms with Crippen LogP contribution in [-0.4, -0.2) is 67.8 Å². The molecule has 2 aliphatic rings. The molecule has 0 unspecified atom stereocenters. The average Bonchev–Trinajstić information content (AvgIpc) is 2.84. The maximum Gasteiger partial charge on any atom is 0.410 e. The molecular weight excluding hydrogens is 479 g/mol. The van der Waals surface area contributed by atoms with E-state index < -0.39 is 17.7 Å². The number of hydrogen-bond acceptors (Lipinski definition) is 8. The van der Waals surface area contributed by atoms with Gasteiger partial charge < -0.3 is 28.7 Å². The number of ether oxygens (including phenoxy) is 4. The fourth-order valence-electron chi connectivity index (χ4n) is 4.43. The molecule has 0 atom stereocenters. The average molecular weight is 513 g/mol. The minimum Gasteiger partial charge on any atom is -0.494 e. The molecule has 37 heavy (non-hydrogen) atoms. The van der Waals surface area contributed by atoms with Crippen LogP contribution in [0.1, 0.15) is 38.4 Å². The number of amides is 1. The Morgan fingerprint density at radius 3 is 2.57 bits per heavy atom. The number of carbonyl (C=O) groups is 1. The summed E-state index contributed by atoms with van der Waals surface area (Å²) in [6.45, 7) is 8.61. The number of methoxy groups -OCH3 is 1. The maximum absolute atomic E-state index is 14.3. The van der Waals surface area contributed by atoms with Gasteiger partial charge >= 0.3 is 6.09 Å². The standard InChI is InChI=1S/C27H33FN4O5/c1-26(2,3)37-25(33)32-15-27(16-32)17-35-24(36-18-27)9-10-31(21-7-6-20(12-29)30-13-21)14-19-5-8-23(34-4)22(28)11-19/h5-8,11,13,24H,9-10,14-18H2,1-4H3. The molecule has 0 bridgehead atoms. The van der Waals surface area contributed by atoms with Crippen molar-refractivity contribution in [3.63, 3.8) is 0 Å². The Balaban J connectivity index is 1.34. The van der Waals surface area contributed by atoms with Crippen molar-refractivity contribution in [2.24, 2.45) is 5.41 Å². The molecule has 2 aromatic rings. The maximum atomic E-state index is 14.3. The van der Waals surface area contributed by atoms with Gasteiger partial charge in [-0.1, -0.05) is 6.07 Å². The molecule has 10 heteroatoms. The first kappa shape index (κ1) is 26.6. The molecule has 1 spiro atoms. The van der Waals surface area contributed by atoms with E-state index >= 15 is 0 Å². The molecule has 0 N–H and O–H groups in total. The van der Waals surface area contributed by atoms with Gasteiger partial charge in [-0.05, 0) is 50.6 Å². The summed E-state index contributed by atoms with van der Waals surface area (Å²) in [6, 6.07) is 10.4. The van der Waals surface area contributed by atoms with Gasteiger partial charge in [-0.3, -0.25) is 0 Å². The van der Waals surface area contributed by atoms with Crippen molar-refractivity contribution in [2.75, 3.05) is 44.9 Å². The molecule has 2 fully saturated rings. The normalized spacial score (nSPS) is 17.1. The van der Waals surface area contributed by atoms with Gasteiger partial charge in [-0.15, -0.1) is 0 Å². The first-order valence-corrected chi connectivity index (χ1v) is 12.2. The van der Waals surface area contributed by atoms with Gasteiger partial charge in [-0.25, -0.2) is 14.2 Å². The van der Waals surface area contributed by atoms with E-state index in [1.807, 2.05) is 43.9 Å². The lowest BCUT2D eigenvalue weighted by Crippen LogP contribution is -2.65. The summed E-state index contributed by atoms with van der Waals surface area (Å²) in [7, 11) is 1.43. The lowest BCUT2D eigenvalue weighted by molar-refractivity contribution is -0.254. The quantitative estimate of drug-likeness (QED) is 0.547. The Morgan fingerprint density at radius 2 is 2.00 bits per heavy atom. The van der Waals surface area contributed by atoms with E-state index in [9.17, 15) is 9.18 Å². The summed E-state index contributed by atoms with van der Waals surface area (Å²) >= 11 is 0. The topological polar surface area (TPSA) is 97.1 Å². The zero-order chi connectivity index (χ0) is 26.6. The molecule has 198 valence electrons. The third-order valence-electron chi connectivity index (χ3n) is 6.31. The van der Waals surface area contributed by atoms with E-state index in [1.165, 1.54) is 13.2 Å². The van der Waals surface area contributed by atoms with E-state index in [0.717, 1.165) is 11.3 Å². The predicted molar refractivity (Wildman–Crippen MR) is 134 cm³/mol. The van der Waals surface area contributed by atoms with Crippen molar-refractivity contribution in [1.29, 1.82) is 5.26 Å². The van der Waals surface area contributed by atoms with Crippen LogP contribution < -0.4 is 9.64 Å². The number of rotatable bonds is 7. The second kappa shape index (κ2) is 10.9. The monoisotopic (exact) mass is 512 g/mol. The first-order chi connectivity index (χ1) is 17.6. The largest absolute Gasteiger partial charge is 0.494 e. The van der Waals surface area contributed by atoms with Crippen molar-refractivity contribution in [3.05, 3.63) is 53.6 Å². The van der Waals surface area contributed by atoms with Gasteiger partial charge in [0, 0.05) is 32.6 Å². The predicted octanol–water partition coefficient (Wildman–Crippen LogP) is 4.11. The number of benzene rings is 1. The van der Waals surface area contributed by atoms with Crippen LogP contribution in [0.3, 0.4) is 0 Å². The van der Waals surface area contributed by atoms with E-state index in [-0.39, 0.29) is 17.3 Å². The Hall–Kier alpha value is -3.42. The number of aromatic nitrogens is 1. The molecule has 2 saturated heterocycles. The molecule has 0 saturated carbocycles. The summed E-state index contributed by atoms with van der Waals surface area (Å²) in [5, 5.41) is 9.08. The molecule has 1 aromatic heterocycles. The van der Waals surface area contributed by atoms with Gasteiger partial charge in [0.2, 0.25) is 0 Å². The van der Waals surface area contributed by atoms with Crippen LogP contribution in [0.25, 0.3) is 0 Å². The number of hydrogen-bond donors (Lipinski definition) is 0. The van der Waals surface area contributed by atoms with Gasteiger partial charge in [0.15, 0.2) is 17.9 Å². The van der Waals surface area contributed by atoms with Gasteiger partial charge in [0.1, 0.15) is 17.4 Å². The zero-order valence-corrected chi connectivity index (χ0v) is 21.7. The van der Waals surface area contributed by atoms with E-state index in [4.69, 9.17) is 24.2 Å². The van der Waals surface area contributed by atoms with Crippen molar-refractivity contribution < 1.29 is 28.1 Å². The van der Waals surface area contributed by atoms with Crippen LogP contribution in [0.4, 0.5) is 14.9 Å². The van der Waals surface area contributed by atoms with E-state index in [0.29, 0.717) is 51.5 Å². The molecule has 0 aliphatic carbocycles. The molecule has 4 rings (SSSR count). The molecule has 1 amide bonds. The van der Waals surface area contributed by atoms with Crippen molar-refractivity contribution in [2.45, 2.75) is 45.6 Å². The van der Waals surface area contributed by atoms with Crippen LogP contribution in [0.5, 0.6) is 5.75 Å². The number of pyridine rings is 1. The number of likely N-dealkylation sites (tertiary alicyclic amines) is 1. The Morgan fingerprint density at radius 1 is 1.27 bits per heavy atom. The summed E-state index contributed by atoms with van der Waals surface area (Å²) in [5.74, 6) is -0.238. The van der Waals surface area contributed by atoms with E-state index in [1.54, 1.807) is 23.2 Å². The summed E-state index contributed by atoms with van der Waals surface area (Å²) < 4.78 is 36.8. The van der Waals surface area contributed by atoms with Crippen molar-refractivity contribution in [3.8, 4) is 11.8 Å². The summed E-state index contributed by atoms with van der Waals surface area (Å²) in [5.41, 5.74) is 1.16. The number of nitriles is 1. The highest BCUT2D eigenvalue weighted by Gasteiger charge is 2.49. The van der Waals surface area contributed by atoms with Crippen LogP contribution in [0.2, 0.25) is 0 Å². The zero-order valence-electron chi connectivity index (χ0n) is 21.7. The third kappa shape index (κ3) is 6.67. The Labute approximate surface area is 216 Å². The smallest absolute Gasteiger partial charge is 0.410 e. The van der Waals surface area contributed by atoms with E-state index in [2.05, 4.69) is 4.98 Å². The first-order valence-electron chi connectivity index (χ1n) is 12.2. The summed E-state index contributed by atoms with van der Waals surface area (Å²) in [6.07, 6.45) is 1.49. The number of carbonyl (C=O) groups excluding carboxylic acids is 1. The second-order valence-electron chi connectivity index (χ2n) is 10.6. The fraction of sp³-hybridized carbons (Fsp3) is 0.519. The van der Waals surface area contributed by atoms with Crippen LogP contribution in [0.15, 0.2) is 36.5 Å².